The average Bonchev–Trinajstić information content (AvgIpc) is 2.23. The van der Waals surface area contributed by atoms with E-state index in [1.165, 1.54) is 12.1 Å². The van der Waals surface area contributed by atoms with Gasteiger partial charge in [0.2, 0.25) is 10.0 Å². The molecule has 0 saturated heterocycles. The summed E-state index contributed by atoms with van der Waals surface area (Å²) in [4.78, 5) is 0.0793. The van der Waals surface area contributed by atoms with Gasteiger partial charge in [-0.25, -0.2) is 17.5 Å². The van der Waals surface area contributed by atoms with Crippen molar-refractivity contribution in [3.05, 3.63) is 29.1 Å². The second-order valence-electron chi connectivity index (χ2n) is 5.50. The first-order valence-electron chi connectivity index (χ1n) is 6.58. The Bertz CT molecular complexity index is 547. The van der Waals surface area contributed by atoms with Crippen LogP contribution in [0.15, 0.2) is 17.0 Å². The van der Waals surface area contributed by atoms with Crippen LogP contribution >= 0.6 is 0 Å². The van der Waals surface area contributed by atoms with Gasteiger partial charge < -0.3 is 5.11 Å². The first-order chi connectivity index (χ1) is 9.13. The molecule has 0 amide bonds. The Hall–Kier alpha value is -0.980. The van der Waals surface area contributed by atoms with Gasteiger partial charge >= 0.3 is 0 Å². The normalized spacial score (nSPS) is 13.8. The monoisotopic (exact) mass is 303 g/mol. The van der Waals surface area contributed by atoms with Gasteiger partial charge in [0.15, 0.2) is 0 Å². The van der Waals surface area contributed by atoms with E-state index in [1.54, 1.807) is 13.8 Å². The highest BCUT2D eigenvalue weighted by atomic mass is 32.2. The molecular formula is C14H22FNO3S. The van der Waals surface area contributed by atoms with Crippen LogP contribution in [0.2, 0.25) is 0 Å². The van der Waals surface area contributed by atoms with Crippen LogP contribution in [0.25, 0.3) is 0 Å². The molecule has 0 bridgehead atoms. The highest BCUT2D eigenvalue weighted by Crippen LogP contribution is 2.21. The summed E-state index contributed by atoms with van der Waals surface area (Å²) in [5.41, 5.74) is 0.710. The molecular weight excluding hydrogens is 281 g/mol. The molecule has 114 valence electrons. The summed E-state index contributed by atoms with van der Waals surface area (Å²) in [6.07, 6.45) is -0.213. The summed E-state index contributed by atoms with van der Waals surface area (Å²) in [5, 5.41) is 9.73. The summed E-state index contributed by atoms with van der Waals surface area (Å²) in [5.74, 6) is -0.178. The molecule has 4 nitrogen and oxygen atoms in total. The minimum absolute atomic E-state index is 0.0449. The number of aliphatic hydroxyl groups is 1. The Labute approximate surface area is 120 Å². The zero-order chi connectivity index (χ0) is 15.5. The summed E-state index contributed by atoms with van der Waals surface area (Å²) >= 11 is 0. The van der Waals surface area contributed by atoms with Crippen LogP contribution in [0.4, 0.5) is 4.39 Å². The van der Waals surface area contributed by atoms with Crippen molar-refractivity contribution in [1.29, 1.82) is 0 Å². The number of hydrogen-bond acceptors (Lipinski definition) is 3. The lowest BCUT2D eigenvalue weighted by atomic mass is 10.1. The van der Waals surface area contributed by atoms with Crippen molar-refractivity contribution >= 4 is 10.0 Å². The molecule has 0 aromatic heterocycles. The van der Waals surface area contributed by atoms with Crippen LogP contribution < -0.4 is 4.72 Å². The number of rotatable bonds is 6. The smallest absolute Gasteiger partial charge is 0.241 e. The van der Waals surface area contributed by atoms with Gasteiger partial charge in [0.25, 0.3) is 0 Å². The maximum absolute atomic E-state index is 13.2. The van der Waals surface area contributed by atoms with E-state index in [4.69, 9.17) is 0 Å². The third-order valence-corrected chi connectivity index (χ3v) is 4.67. The number of hydrogen-bond donors (Lipinski definition) is 2. The fourth-order valence-electron chi connectivity index (χ4n) is 2.23. The Morgan fingerprint density at radius 3 is 2.20 bits per heavy atom. The second kappa shape index (κ2) is 6.65. The van der Waals surface area contributed by atoms with Crippen molar-refractivity contribution < 1.29 is 17.9 Å². The van der Waals surface area contributed by atoms with Crippen molar-refractivity contribution in [2.45, 2.75) is 45.1 Å². The van der Waals surface area contributed by atoms with Crippen molar-refractivity contribution in [2.24, 2.45) is 5.92 Å². The topological polar surface area (TPSA) is 66.4 Å². The molecule has 0 aliphatic rings. The van der Waals surface area contributed by atoms with Crippen LogP contribution in [-0.4, -0.2) is 26.2 Å². The summed E-state index contributed by atoms with van der Waals surface area (Å²) in [6.45, 7) is 6.96. The lowest BCUT2D eigenvalue weighted by Gasteiger charge is -2.16. The Balaban J connectivity index is 2.90. The molecule has 1 unspecified atom stereocenters. The SMILES string of the molecule is Cc1cc(F)cc(C)c1S(=O)(=O)NCC(O)CC(C)C. The van der Waals surface area contributed by atoms with Crippen LogP contribution in [0.1, 0.15) is 31.4 Å². The maximum atomic E-state index is 13.2. The molecule has 1 atom stereocenters. The molecule has 2 N–H and O–H groups in total. The largest absolute Gasteiger partial charge is 0.392 e. The average molecular weight is 303 g/mol. The molecule has 0 fully saturated rings. The van der Waals surface area contributed by atoms with E-state index < -0.39 is 21.9 Å². The second-order valence-corrected chi connectivity index (χ2v) is 7.21. The number of sulfonamides is 1. The van der Waals surface area contributed by atoms with Crippen molar-refractivity contribution in [3.63, 3.8) is 0 Å². The van der Waals surface area contributed by atoms with E-state index in [2.05, 4.69) is 4.72 Å². The quantitative estimate of drug-likeness (QED) is 0.846. The summed E-state index contributed by atoms with van der Waals surface area (Å²) < 4.78 is 40.0. The summed E-state index contributed by atoms with van der Waals surface area (Å²) in [6, 6.07) is 2.37. The molecule has 0 saturated carbocycles. The molecule has 1 aromatic carbocycles. The predicted molar refractivity (Wildman–Crippen MR) is 76.5 cm³/mol. The van der Waals surface area contributed by atoms with Gasteiger partial charge in [-0.15, -0.1) is 0 Å². The molecule has 1 rings (SSSR count). The molecule has 20 heavy (non-hydrogen) atoms. The molecule has 0 spiro atoms. The maximum Gasteiger partial charge on any atom is 0.241 e. The lowest BCUT2D eigenvalue weighted by molar-refractivity contribution is 0.152. The molecule has 0 aliphatic heterocycles. The third kappa shape index (κ3) is 4.54. The zero-order valence-corrected chi connectivity index (χ0v) is 13.1. The van der Waals surface area contributed by atoms with E-state index in [9.17, 15) is 17.9 Å². The first kappa shape index (κ1) is 17.1. The molecule has 6 heteroatoms. The van der Waals surface area contributed by atoms with Crippen molar-refractivity contribution in [3.8, 4) is 0 Å². The summed E-state index contributed by atoms with van der Waals surface area (Å²) in [7, 11) is -3.75. The van der Waals surface area contributed by atoms with Gasteiger partial charge in [-0.05, 0) is 49.4 Å². The van der Waals surface area contributed by atoms with E-state index >= 15 is 0 Å². The Morgan fingerprint density at radius 2 is 1.75 bits per heavy atom. The predicted octanol–water partition coefficient (Wildman–Crippen LogP) is 2.13. The van der Waals surface area contributed by atoms with Crippen LogP contribution in [0.5, 0.6) is 0 Å². The van der Waals surface area contributed by atoms with Crippen LogP contribution in [0, 0.1) is 25.6 Å². The minimum atomic E-state index is -3.75. The van der Waals surface area contributed by atoms with Crippen molar-refractivity contribution in [2.75, 3.05) is 6.54 Å². The van der Waals surface area contributed by atoms with E-state index in [1.807, 2.05) is 13.8 Å². The van der Waals surface area contributed by atoms with Gasteiger partial charge in [0.05, 0.1) is 11.0 Å². The number of aryl methyl sites for hydroxylation is 2. The van der Waals surface area contributed by atoms with E-state index in [0.717, 1.165) is 0 Å². The minimum Gasteiger partial charge on any atom is -0.392 e. The van der Waals surface area contributed by atoms with Gasteiger partial charge in [-0.3, -0.25) is 0 Å². The lowest BCUT2D eigenvalue weighted by Crippen LogP contribution is -2.33. The number of benzene rings is 1. The zero-order valence-electron chi connectivity index (χ0n) is 12.3. The standard InChI is InChI=1S/C14H22FNO3S/c1-9(2)5-13(17)8-16-20(18,19)14-10(3)6-12(15)7-11(14)4/h6-7,9,13,16-17H,5,8H2,1-4H3. The van der Waals surface area contributed by atoms with Crippen LogP contribution in [0.3, 0.4) is 0 Å². The molecule has 0 aliphatic carbocycles. The highest BCUT2D eigenvalue weighted by Gasteiger charge is 2.21. The number of halogens is 1. The van der Waals surface area contributed by atoms with Gasteiger partial charge in [0.1, 0.15) is 5.82 Å². The Kier molecular flexibility index (Phi) is 5.68. The number of nitrogens with one attached hydrogen (secondary N) is 1. The third-order valence-electron chi connectivity index (χ3n) is 2.95. The highest BCUT2D eigenvalue weighted by molar-refractivity contribution is 7.89. The van der Waals surface area contributed by atoms with E-state index in [0.29, 0.717) is 17.5 Å². The van der Waals surface area contributed by atoms with E-state index in [-0.39, 0.29) is 17.4 Å². The first-order valence-corrected chi connectivity index (χ1v) is 8.06. The van der Waals surface area contributed by atoms with Crippen LogP contribution in [-0.2, 0) is 10.0 Å². The molecule has 0 radical (unpaired) electrons. The number of aliphatic hydroxyl groups excluding tert-OH is 1. The van der Waals surface area contributed by atoms with Gasteiger partial charge in [0, 0.05) is 6.54 Å². The molecule has 0 heterocycles. The van der Waals surface area contributed by atoms with Gasteiger partial charge in [-0.1, -0.05) is 13.8 Å². The Morgan fingerprint density at radius 1 is 1.25 bits per heavy atom. The van der Waals surface area contributed by atoms with Gasteiger partial charge in [-0.2, -0.15) is 0 Å². The van der Waals surface area contributed by atoms with Crippen molar-refractivity contribution in [1.82, 2.24) is 4.72 Å². The molecule has 1 aromatic rings. The fraction of sp³-hybridized carbons (Fsp3) is 0.571. The fourth-order valence-corrected chi connectivity index (χ4v) is 3.75.